The summed E-state index contributed by atoms with van der Waals surface area (Å²) in [4.78, 5) is 7.22. The molecule has 29 heavy (non-hydrogen) atoms. The highest BCUT2D eigenvalue weighted by Crippen LogP contribution is 2.28. The van der Waals surface area contributed by atoms with Crippen LogP contribution in [0.2, 0.25) is 0 Å². The number of guanidine groups is 1. The van der Waals surface area contributed by atoms with Gasteiger partial charge >= 0.3 is 0 Å². The van der Waals surface area contributed by atoms with Gasteiger partial charge in [-0.1, -0.05) is 6.07 Å². The molecule has 0 bridgehead atoms. The fourth-order valence-corrected chi connectivity index (χ4v) is 3.63. The summed E-state index contributed by atoms with van der Waals surface area (Å²) in [5.74, 6) is 3.22. The molecule has 2 N–H and O–H groups in total. The van der Waals surface area contributed by atoms with Crippen molar-refractivity contribution in [2.75, 3.05) is 40.4 Å². The number of hydrogen-bond donors (Lipinski definition) is 2. The van der Waals surface area contributed by atoms with Crippen LogP contribution in [0, 0.1) is 0 Å². The minimum Gasteiger partial charge on any atom is -0.493 e. The minimum absolute atomic E-state index is 0.206. The Morgan fingerprint density at radius 3 is 2.59 bits per heavy atom. The smallest absolute Gasteiger partial charge is 0.191 e. The van der Waals surface area contributed by atoms with Crippen molar-refractivity contribution in [3.05, 3.63) is 47.9 Å². The molecule has 0 saturated carbocycles. The van der Waals surface area contributed by atoms with Gasteiger partial charge in [0.15, 0.2) is 17.5 Å². The van der Waals surface area contributed by atoms with Gasteiger partial charge in [-0.25, -0.2) is 4.99 Å². The van der Waals surface area contributed by atoms with E-state index in [0.29, 0.717) is 12.3 Å². The van der Waals surface area contributed by atoms with Crippen LogP contribution >= 0.6 is 0 Å². The number of benzene rings is 1. The van der Waals surface area contributed by atoms with Crippen LogP contribution in [-0.4, -0.2) is 51.3 Å². The molecule has 1 saturated heterocycles. The SMILES string of the molecule is CCNC(=NCc1ccc(OC)c(OC)c1)NCC(c1ccco1)N1CCCC1. The Hall–Kier alpha value is -2.67. The van der Waals surface area contributed by atoms with Crippen LogP contribution in [0.4, 0.5) is 0 Å². The first-order chi connectivity index (χ1) is 14.2. The molecule has 1 aliphatic heterocycles. The highest BCUT2D eigenvalue weighted by atomic mass is 16.5. The van der Waals surface area contributed by atoms with Crippen molar-refractivity contribution < 1.29 is 13.9 Å². The van der Waals surface area contributed by atoms with E-state index >= 15 is 0 Å². The predicted molar refractivity (Wildman–Crippen MR) is 115 cm³/mol. The summed E-state index contributed by atoms with van der Waals surface area (Å²) in [6, 6.07) is 10.1. The molecule has 1 aliphatic rings. The number of ether oxygens (including phenoxy) is 2. The van der Waals surface area contributed by atoms with Gasteiger partial charge in [-0.15, -0.1) is 0 Å². The lowest BCUT2D eigenvalue weighted by Gasteiger charge is -2.26. The summed E-state index contributed by atoms with van der Waals surface area (Å²) in [5, 5.41) is 6.82. The van der Waals surface area contributed by atoms with Crippen LogP contribution in [-0.2, 0) is 6.54 Å². The molecule has 0 spiro atoms. The average Bonchev–Trinajstić information content (AvgIpc) is 3.46. The molecule has 1 fully saturated rings. The van der Waals surface area contributed by atoms with E-state index in [1.807, 2.05) is 24.3 Å². The molecule has 0 radical (unpaired) electrons. The van der Waals surface area contributed by atoms with Gasteiger partial charge in [-0.3, -0.25) is 4.90 Å². The molecular formula is C22H32N4O3. The predicted octanol–water partition coefficient (Wildman–Crippen LogP) is 3.19. The molecule has 3 rings (SSSR count). The zero-order valence-corrected chi connectivity index (χ0v) is 17.6. The molecule has 0 amide bonds. The van der Waals surface area contributed by atoms with E-state index < -0.39 is 0 Å². The summed E-state index contributed by atoms with van der Waals surface area (Å²) < 4.78 is 16.4. The highest BCUT2D eigenvalue weighted by molar-refractivity contribution is 5.79. The van der Waals surface area contributed by atoms with E-state index in [1.165, 1.54) is 12.8 Å². The minimum atomic E-state index is 0.206. The van der Waals surface area contributed by atoms with Gasteiger partial charge in [0.2, 0.25) is 0 Å². The fourth-order valence-electron chi connectivity index (χ4n) is 3.63. The van der Waals surface area contributed by atoms with Crippen molar-refractivity contribution in [1.82, 2.24) is 15.5 Å². The van der Waals surface area contributed by atoms with Crippen LogP contribution in [0.3, 0.4) is 0 Å². The quantitative estimate of drug-likeness (QED) is 0.498. The number of furan rings is 1. The Balaban J connectivity index is 1.67. The van der Waals surface area contributed by atoms with Gasteiger partial charge in [0.1, 0.15) is 5.76 Å². The molecule has 2 aromatic rings. The summed E-state index contributed by atoms with van der Waals surface area (Å²) >= 11 is 0. The van der Waals surface area contributed by atoms with Crippen molar-refractivity contribution >= 4 is 5.96 Å². The maximum Gasteiger partial charge on any atom is 0.191 e. The zero-order chi connectivity index (χ0) is 20.5. The Morgan fingerprint density at radius 2 is 1.93 bits per heavy atom. The first-order valence-electron chi connectivity index (χ1n) is 10.3. The fraction of sp³-hybridized carbons (Fsp3) is 0.500. The van der Waals surface area contributed by atoms with E-state index in [2.05, 4.69) is 28.5 Å². The number of aliphatic imine (C=N–C) groups is 1. The maximum atomic E-state index is 5.71. The zero-order valence-electron chi connectivity index (χ0n) is 17.6. The highest BCUT2D eigenvalue weighted by Gasteiger charge is 2.25. The van der Waals surface area contributed by atoms with Gasteiger partial charge in [-0.05, 0) is 62.7 Å². The monoisotopic (exact) mass is 400 g/mol. The van der Waals surface area contributed by atoms with Crippen molar-refractivity contribution in [3.63, 3.8) is 0 Å². The topological polar surface area (TPSA) is 71.3 Å². The molecular weight excluding hydrogens is 368 g/mol. The van der Waals surface area contributed by atoms with Gasteiger partial charge in [0.25, 0.3) is 0 Å². The number of hydrogen-bond acceptors (Lipinski definition) is 5. The standard InChI is InChI=1S/C22H32N4O3/c1-4-23-22(24-15-17-9-10-20(27-2)21(14-17)28-3)25-16-18(19-8-7-13-29-19)26-11-5-6-12-26/h7-10,13-14,18H,4-6,11-12,15-16H2,1-3H3,(H2,23,24,25). The van der Waals surface area contributed by atoms with E-state index in [0.717, 1.165) is 49.2 Å². The summed E-state index contributed by atoms with van der Waals surface area (Å²) in [7, 11) is 3.28. The average molecular weight is 401 g/mol. The molecule has 7 nitrogen and oxygen atoms in total. The second-order valence-corrected chi connectivity index (χ2v) is 7.04. The lowest BCUT2D eigenvalue weighted by atomic mass is 10.2. The Kier molecular flexibility index (Phi) is 7.81. The van der Waals surface area contributed by atoms with Crippen molar-refractivity contribution in [3.8, 4) is 11.5 Å². The molecule has 0 aliphatic carbocycles. The summed E-state index contributed by atoms with van der Waals surface area (Å²) in [5.41, 5.74) is 1.06. The molecule has 1 aromatic heterocycles. The normalized spacial score (nSPS) is 15.9. The number of rotatable bonds is 9. The maximum absolute atomic E-state index is 5.71. The Bertz CT molecular complexity index is 770. The molecule has 1 atom stereocenters. The largest absolute Gasteiger partial charge is 0.493 e. The van der Waals surface area contributed by atoms with Gasteiger partial charge in [-0.2, -0.15) is 0 Å². The number of likely N-dealkylation sites (tertiary alicyclic amines) is 1. The van der Waals surface area contributed by atoms with Crippen LogP contribution in [0.15, 0.2) is 46.0 Å². The number of methoxy groups -OCH3 is 2. The summed E-state index contributed by atoms with van der Waals surface area (Å²) in [6.45, 7) is 6.36. The Labute approximate surface area is 173 Å². The number of nitrogens with zero attached hydrogens (tertiary/aromatic N) is 2. The second-order valence-electron chi connectivity index (χ2n) is 7.04. The van der Waals surface area contributed by atoms with E-state index in [9.17, 15) is 0 Å². The third-order valence-corrected chi connectivity index (χ3v) is 5.13. The van der Waals surface area contributed by atoms with Crippen molar-refractivity contribution in [1.29, 1.82) is 0 Å². The Morgan fingerprint density at radius 1 is 1.14 bits per heavy atom. The number of nitrogens with one attached hydrogen (secondary N) is 2. The van der Waals surface area contributed by atoms with Crippen molar-refractivity contribution in [2.45, 2.75) is 32.4 Å². The summed E-state index contributed by atoms with van der Waals surface area (Å²) in [6.07, 6.45) is 4.23. The van der Waals surface area contributed by atoms with Gasteiger partial charge < -0.3 is 24.5 Å². The van der Waals surface area contributed by atoms with Crippen LogP contribution in [0.25, 0.3) is 0 Å². The van der Waals surface area contributed by atoms with Gasteiger partial charge in [0, 0.05) is 13.1 Å². The molecule has 7 heteroatoms. The molecule has 2 heterocycles. The molecule has 158 valence electrons. The van der Waals surface area contributed by atoms with Gasteiger partial charge in [0.05, 0.1) is 33.1 Å². The van der Waals surface area contributed by atoms with E-state index in [4.69, 9.17) is 18.9 Å². The third kappa shape index (κ3) is 5.67. The van der Waals surface area contributed by atoms with E-state index in [-0.39, 0.29) is 6.04 Å². The lowest BCUT2D eigenvalue weighted by Crippen LogP contribution is -2.42. The van der Waals surface area contributed by atoms with E-state index in [1.54, 1.807) is 20.5 Å². The first-order valence-corrected chi connectivity index (χ1v) is 10.3. The molecule has 1 unspecified atom stereocenters. The van der Waals surface area contributed by atoms with Crippen LogP contribution in [0.1, 0.15) is 37.1 Å². The van der Waals surface area contributed by atoms with Crippen molar-refractivity contribution in [2.24, 2.45) is 4.99 Å². The van der Waals surface area contributed by atoms with Crippen LogP contribution < -0.4 is 20.1 Å². The van der Waals surface area contributed by atoms with Crippen LogP contribution in [0.5, 0.6) is 11.5 Å². The lowest BCUT2D eigenvalue weighted by molar-refractivity contribution is 0.215. The first kappa shape index (κ1) is 21.0. The molecule has 1 aromatic carbocycles. The third-order valence-electron chi connectivity index (χ3n) is 5.13. The second kappa shape index (κ2) is 10.8.